The summed E-state index contributed by atoms with van der Waals surface area (Å²) in [5.41, 5.74) is 2.95. The second-order valence-electron chi connectivity index (χ2n) is 6.17. The summed E-state index contributed by atoms with van der Waals surface area (Å²) in [5.74, 6) is 0.0287. The Morgan fingerprint density at radius 2 is 2.17 bits per heavy atom. The second kappa shape index (κ2) is 7.21. The van der Waals surface area contributed by atoms with Crippen LogP contribution in [0, 0.1) is 6.92 Å². The predicted molar refractivity (Wildman–Crippen MR) is 93.8 cm³/mol. The minimum absolute atomic E-state index is 0.0287. The van der Waals surface area contributed by atoms with Gasteiger partial charge in [-0.3, -0.25) is 9.78 Å². The summed E-state index contributed by atoms with van der Waals surface area (Å²) >= 11 is 1.48. The van der Waals surface area contributed by atoms with Crippen LogP contribution in [0.25, 0.3) is 10.6 Å². The van der Waals surface area contributed by atoms with Crippen molar-refractivity contribution in [3.63, 3.8) is 0 Å². The largest absolute Gasteiger partial charge is 0.349 e. The second-order valence-corrected chi connectivity index (χ2v) is 7.17. The fraction of sp³-hybridized carbons (Fsp3) is 0.500. The Bertz CT molecular complexity index is 689. The molecule has 0 aromatic carbocycles. The van der Waals surface area contributed by atoms with Crippen molar-refractivity contribution in [3.05, 3.63) is 34.6 Å². The maximum Gasteiger partial charge on any atom is 0.263 e. The number of aryl methyl sites for hydroxylation is 2. The number of rotatable bonds is 5. The molecular weight excluding hydrogens is 306 g/mol. The van der Waals surface area contributed by atoms with Crippen LogP contribution in [-0.4, -0.2) is 21.9 Å². The van der Waals surface area contributed by atoms with Crippen LogP contribution in [0.5, 0.6) is 0 Å². The molecule has 2 heterocycles. The third-order valence-corrected chi connectivity index (χ3v) is 5.47. The lowest BCUT2D eigenvalue weighted by molar-refractivity contribution is 0.0941. The topological polar surface area (TPSA) is 54.9 Å². The lowest BCUT2D eigenvalue weighted by Crippen LogP contribution is -2.32. The van der Waals surface area contributed by atoms with Crippen LogP contribution < -0.4 is 5.32 Å². The molecule has 2 aromatic heterocycles. The molecule has 0 radical (unpaired) electrons. The van der Waals surface area contributed by atoms with Gasteiger partial charge in [-0.15, -0.1) is 11.3 Å². The first-order chi connectivity index (χ1) is 11.2. The van der Waals surface area contributed by atoms with Crippen molar-refractivity contribution in [1.29, 1.82) is 0 Å². The molecule has 1 amide bonds. The average molecular weight is 329 g/mol. The zero-order valence-electron chi connectivity index (χ0n) is 13.8. The Morgan fingerprint density at radius 3 is 2.91 bits per heavy atom. The molecule has 0 atom stereocenters. The number of hydrogen-bond acceptors (Lipinski definition) is 4. The van der Waals surface area contributed by atoms with E-state index in [-0.39, 0.29) is 5.91 Å². The van der Waals surface area contributed by atoms with Crippen LogP contribution in [-0.2, 0) is 6.42 Å². The molecule has 2 aromatic rings. The number of carbonyl (C=O) groups is 1. The Kier molecular flexibility index (Phi) is 5.06. The third-order valence-electron chi connectivity index (χ3n) is 4.26. The normalized spacial score (nSPS) is 15.0. The fourth-order valence-corrected chi connectivity index (χ4v) is 4.02. The van der Waals surface area contributed by atoms with Crippen LogP contribution in [0.3, 0.4) is 0 Å². The molecule has 4 nitrogen and oxygen atoms in total. The molecule has 1 saturated carbocycles. The van der Waals surface area contributed by atoms with E-state index in [2.05, 4.69) is 28.3 Å². The van der Waals surface area contributed by atoms with Crippen LogP contribution in [0.15, 0.2) is 18.3 Å². The minimum Gasteiger partial charge on any atom is -0.349 e. The van der Waals surface area contributed by atoms with Crippen molar-refractivity contribution >= 4 is 17.2 Å². The molecule has 0 aliphatic heterocycles. The molecular formula is C18H23N3OS. The Hall–Kier alpha value is -1.75. The van der Waals surface area contributed by atoms with Crippen LogP contribution >= 0.6 is 11.3 Å². The molecule has 1 aliphatic carbocycles. The standard InChI is InChI=1S/C18H23N3OS/c1-3-6-15-11-13(9-10-19-15)18-20-12(2)16(23-18)17(22)21-14-7-4-5-8-14/h9-11,14H,3-8H2,1-2H3,(H,21,22). The third kappa shape index (κ3) is 3.78. The van der Waals surface area contributed by atoms with Crippen LogP contribution in [0.2, 0.25) is 0 Å². The molecule has 0 spiro atoms. The number of amides is 1. The highest BCUT2D eigenvalue weighted by Crippen LogP contribution is 2.29. The van der Waals surface area contributed by atoms with E-state index >= 15 is 0 Å². The van der Waals surface area contributed by atoms with E-state index < -0.39 is 0 Å². The van der Waals surface area contributed by atoms with E-state index in [0.717, 1.165) is 52.5 Å². The molecule has 1 fully saturated rings. The minimum atomic E-state index is 0.0287. The van der Waals surface area contributed by atoms with Gasteiger partial charge in [-0.05, 0) is 38.3 Å². The summed E-state index contributed by atoms with van der Waals surface area (Å²) in [6, 6.07) is 4.39. The average Bonchev–Trinajstić information content (AvgIpc) is 3.17. The maximum absolute atomic E-state index is 12.5. The molecule has 0 unspecified atom stereocenters. The SMILES string of the molecule is CCCc1cc(-c2nc(C)c(C(=O)NC3CCCC3)s2)ccn1. The highest BCUT2D eigenvalue weighted by molar-refractivity contribution is 7.17. The van der Waals surface area contributed by atoms with Gasteiger partial charge in [-0.2, -0.15) is 0 Å². The number of aromatic nitrogens is 2. The summed E-state index contributed by atoms with van der Waals surface area (Å²) in [5, 5.41) is 4.05. The Balaban J connectivity index is 1.79. The quantitative estimate of drug-likeness (QED) is 0.897. The first kappa shape index (κ1) is 16.1. The number of carbonyl (C=O) groups excluding carboxylic acids is 1. The molecule has 3 rings (SSSR count). The smallest absolute Gasteiger partial charge is 0.263 e. The Labute approximate surface area is 141 Å². The van der Waals surface area contributed by atoms with Crippen LogP contribution in [0.4, 0.5) is 0 Å². The van der Waals surface area contributed by atoms with E-state index in [4.69, 9.17) is 0 Å². The van der Waals surface area contributed by atoms with E-state index in [1.54, 1.807) is 0 Å². The monoisotopic (exact) mass is 329 g/mol. The van der Waals surface area contributed by atoms with Crippen molar-refractivity contribution in [2.75, 3.05) is 0 Å². The lowest BCUT2D eigenvalue weighted by atomic mass is 10.2. The summed E-state index contributed by atoms with van der Waals surface area (Å²) in [7, 11) is 0. The van der Waals surface area contributed by atoms with Crippen molar-refractivity contribution in [2.45, 2.75) is 58.4 Å². The van der Waals surface area contributed by atoms with Gasteiger partial charge in [-0.1, -0.05) is 26.2 Å². The van der Waals surface area contributed by atoms with Gasteiger partial charge in [0, 0.05) is 23.5 Å². The van der Waals surface area contributed by atoms with Crippen molar-refractivity contribution < 1.29 is 4.79 Å². The zero-order valence-corrected chi connectivity index (χ0v) is 14.6. The fourth-order valence-electron chi connectivity index (χ4n) is 3.06. The number of thiazole rings is 1. The molecule has 0 bridgehead atoms. The summed E-state index contributed by atoms with van der Waals surface area (Å²) < 4.78 is 0. The molecule has 5 heteroatoms. The highest BCUT2D eigenvalue weighted by Gasteiger charge is 2.21. The summed E-state index contributed by atoms with van der Waals surface area (Å²) in [4.78, 5) is 22.2. The lowest BCUT2D eigenvalue weighted by Gasteiger charge is -2.10. The van der Waals surface area contributed by atoms with Gasteiger partial charge in [0.1, 0.15) is 9.88 Å². The van der Waals surface area contributed by atoms with Gasteiger partial charge in [-0.25, -0.2) is 4.98 Å². The van der Waals surface area contributed by atoms with Gasteiger partial charge in [0.25, 0.3) is 5.91 Å². The van der Waals surface area contributed by atoms with Crippen molar-refractivity contribution in [1.82, 2.24) is 15.3 Å². The zero-order chi connectivity index (χ0) is 16.2. The highest BCUT2D eigenvalue weighted by atomic mass is 32.1. The van der Waals surface area contributed by atoms with Gasteiger partial charge in [0.15, 0.2) is 0 Å². The van der Waals surface area contributed by atoms with Gasteiger partial charge in [0.2, 0.25) is 0 Å². The van der Waals surface area contributed by atoms with E-state index in [0.29, 0.717) is 6.04 Å². The van der Waals surface area contributed by atoms with Gasteiger partial charge >= 0.3 is 0 Å². The number of nitrogens with zero attached hydrogens (tertiary/aromatic N) is 2. The number of nitrogens with one attached hydrogen (secondary N) is 1. The van der Waals surface area contributed by atoms with Gasteiger partial charge in [0.05, 0.1) is 5.69 Å². The molecule has 23 heavy (non-hydrogen) atoms. The number of pyridine rings is 1. The first-order valence-corrected chi connectivity index (χ1v) is 9.22. The van der Waals surface area contributed by atoms with Crippen molar-refractivity contribution in [2.24, 2.45) is 0 Å². The van der Waals surface area contributed by atoms with E-state index in [9.17, 15) is 4.79 Å². The Morgan fingerprint density at radius 1 is 1.39 bits per heavy atom. The number of hydrogen-bond donors (Lipinski definition) is 1. The molecule has 122 valence electrons. The molecule has 1 aliphatic rings. The van der Waals surface area contributed by atoms with E-state index in [1.807, 2.05) is 19.2 Å². The molecule has 0 saturated heterocycles. The van der Waals surface area contributed by atoms with E-state index in [1.165, 1.54) is 24.2 Å². The summed E-state index contributed by atoms with van der Waals surface area (Å²) in [6.45, 7) is 4.06. The van der Waals surface area contributed by atoms with Crippen molar-refractivity contribution in [3.8, 4) is 10.6 Å². The summed E-state index contributed by atoms with van der Waals surface area (Å²) in [6.07, 6.45) is 8.50. The van der Waals surface area contributed by atoms with Crippen LogP contribution in [0.1, 0.15) is 60.1 Å². The first-order valence-electron chi connectivity index (χ1n) is 8.41. The maximum atomic E-state index is 12.5. The predicted octanol–water partition coefficient (Wildman–Crippen LogP) is 4.14. The molecule has 1 N–H and O–H groups in total. The van der Waals surface area contributed by atoms with Gasteiger partial charge < -0.3 is 5.32 Å².